The molecule has 1 saturated heterocycles. The van der Waals surface area contributed by atoms with Crippen LogP contribution in [0.2, 0.25) is 0 Å². The van der Waals surface area contributed by atoms with Gasteiger partial charge in [0.25, 0.3) is 0 Å². The van der Waals surface area contributed by atoms with Crippen LogP contribution < -0.4 is 5.32 Å². The second kappa shape index (κ2) is 9.58. The second-order valence-corrected chi connectivity index (χ2v) is 6.78. The van der Waals surface area contributed by atoms with Crippen molar-refractivity contribution in [2.75, 3.05) is 26.7 Å². The largest absolute Gasteiger partial charge is 0.342 e. The lowest BCUT2D eigenvalue weighted by Crippen LogP contribution is -2.30. The standard InChI is InChI=1S/C20H30N2O2/c1-3-4-5-16-6-8-18(9-7-16)19(23)10-11-20(24)22-13-12-17(15-22)14-21-2/h6-9,17,21H,3-5,10-15H2,1-2H3. The van der Waals surface area contributed by atoms with Crippen molar-refractivity contribution in [3.8, 4) is 0 Å². The van der Waals surface area contributed by atoms with Gasteiger partial charge in [0, 0.05) is 31.5 Å². The zero-order chi connectivity index (χ0) is 17.4. The van der Waals surface area contributed by atoms with Crippen molar-refractivity contribution < 1.29 is 9.59 Å². The minimum absolute atomic E-state index is 0.0661. The molecular formula is C20H30N2O2. The zero-order valence-corrected chi connectivity index (χ0v) is 15.0. The summed E-state index contributed by atoms with van der Waals surface area (Å²) in [5.41, 5.74) is 2.00. The van der Waals surface area contributed by atoms with Gasteiger partial charge in [0.15, 0.2) is 5.78 Å². The first-order valence-electron chi connectivity index (χ1n) is 9.18. The summed E-state index contributed by atoms with van der Waals surface area (Å²) in [6.07, 6.45) is 5.09. The van der Waals surface area contributed by atoms with E-state index in [1.54, 1.807) is 0 Å². The number of carbonyl (C=O) groups excluding carboxylic acids is 2. The molecule has 4 heteroatoms. The van der Waals surface area contributed by atoms with Gasteiger partial charge in [-0.2, -0.15) is 0 Å². The fraction of sp³-hybridized carbons (Fsp3) is 0.600. The number of unbranched alkanes of at least 4 members (excludes halogenated alkanes) is 1. The van der Waals surface area contributed by atoms with E-state index >= 15 is 0 Å². The molecule has 1 aliphatic rings. The Hall–Kier alpha value is -1.68. The van der Waals surface area contributed by atoms with Crippen LogP contribution in [0.3, 0.4) is 0 Å². The molecule has 0 aliphatic carbocycles. The number of nitrogens with one attached hydrogen (secondary N) is 1. The molecule has 1 unspecified atom stereocenters. The SMILES string of the molecule is CCCCc1ccc(C(=O)CCC(=O)N2CCC(CNC)C2)cc1. The number of likely N-dealkylation sites (tertiary alicyclic amines) is 1. The Morgan fingerprint density at radius 3 is 2.62 bits per heavy atom. The number of hydrogen-bond donors (Lipinski definition) is 1. The zero-order valence-electron chi connectivity index (χ0n) is 15.0. The Morgan fingerprint density at radius 1 is 1.21 bits per heavy atom. The molecule has 0 bridgehead atoms. The molecule has 1 atom stereocenters. The molecule has 1 N–H and O–H groups in total. The van der Waals surface area contributed by atoms with E-state index in [1.165, 1.54) is 18.4 Å². The molecule has 1 aromatic rings. The van der Waals surface area contributed by atoms with Crippen LogP contribution in [0.4, 0.5) is 0 Å². The van der Waals surface area contributed by atoms with E-state index in [-0.39, 0.29) is 11.7 Å². The minimum atomic E-state index is 0.0661. The number of amides is 1. The quantitative estimate of drug-likeness (QED) is 0.708. The first-order chi connectivity index (χ1) is 11.6. The van der Waals surface area contributed by atoms with Crippen LogP contribution in [0.25, 0.3) is 0 Å². The normalized spacial score (nSPS) is 17.2. The van der Waals surface area contributed by atoms with Crippen LogP contribution in [0.15, 0.2) is 24.3 Å². The summed E-state index contributed by atoms with van der Waals surface area (Å²) >= 11 is 0. The maximum absolute atomic E-state index is 12.3. The fourth-order valence-corrected chi connectivity index (χ4v) is 3.28. The smallest absolute Gasteiger partial charge is 0.223 e. The first kappa shape index (κ1) is 18.7. The van der Waals surface area contributed by atoms with E-state index in [0.29, 0.717) is 18.8 Å². The molecule has 2 rings (SSSR count). The molecule has 132 valence electrons. The van der Waals surface area contributed by atoms with E-state index in [4.69, 9.17) is 0 Å². The monoisotopic (exact) mass is 330 g/mol. The van der Waals surface area contributed by atoms with E-state index in [2.05, 4.69) is 12.2 Å². The van der Waals surface area contributed by atoms with Gasteiger partial charge >= 0.3 is 0 Å². The number of ketones is 1. The number of nitrogens with zero attached hydrogens (tertiary/aromatic N) is 1. The number of benzene rings is 1. The number of Topliss-reactive ketones (excluding diaryl/α,β-unsaturated/α-hetero) is 1. The van der Waals surface area contributed by atoms with E-state index in [1.807, 2.05) is 36.2 Å². The van der Waals surface area contributed by atoms with Gasteiger partial charge < -0.3 is 10.2 Å². The van der Waals surface area contributed by atoms with Gasteiger partial charge in [-0.15, -0.1) is 0 Å². The lowest BCUT2D eigenvalue weighted by molar-refractivity contribution is -0.130. The van der Waals surface area contributed by atoms with Crippen LogP contribution in [-0.2, 0) is 11.2 Å². The van der Waals surface area contributed by atoms with Crippen LogP contribution in [-0.4, -0.2) is 43.3 Å². The van der Waals surface area contributed by atoms with Crippen molar-refractivity contribution in [1.82, 2.24) is 10.2 Å². The highest BCUT2D eigenvalue weighted by Crippen LogP contribution is 2.17. The molecule has 1 heterocycles. The number of hydrogen-bond acceptors (Lipinski definition) is 3. The van der Waals surface area contributed by atoms with E-state index in [9.17, 15) is 9.59 Å². The molecule has 1 aromatic carbocycles. The molecular weight excluding hydrogens is 300 g/mol. The predicted molar refractivity (Wildman–Crippen MR) is 97.2 cm³/mol. The molecule has 0 saturated carbocycles. The third kappa shape index (κ3) is 5.45. The summed E-state index contributed by atoms with van der Waals surface area (Å²) in [5, 5.41) is 3.17. The summed E-state index contributed by atoms with van der Waals surface area (Å²) in [6, 6.07) is 7.87. The van der Waals surface area contributed by atoms with Gasteiger partial charge in [-0.3, -0.25) is 9.59 Å². The van der Waals surface area contributed by atoms with Crippen LogP contribution in [0, 0.1) is 5.92 Å². The van der Waals surface area contributed by atoms with Crippen molar-refractivity contribution in [1.29, 1.82) is 0 Å². The highest BCUT2D eigenvalue weighted by atomic mass is 16.2. The molecule has 1 aliphatic heterocycles. The summed E-state index contributed by atoms with van der Waals surface area (Å²) < 4.78 is 0. The van der Waals surface area contributed by atoms with Crippen molar-refractivity contribution in [3.05, 3.63) is 35.4 Å². The summed E-state index contributed by atoms with van der Waals surface area (Å²) in [6.45, 7) is 4.77. The lowest BCUT2D eigenvalue weighted by atomic mass is 10.0. The average Bonchev–Trinajstić information content (AvgIpc) is 3.07. The van der Waals surface area contributed by atoms with Crippen LogP contribution in [0.5, 0.6) is 0 Å². The topological polar surface area (TPSA) is 49.4 Å². The van der Waals surface area contributed by atoms with Gasteiger partial charge in [-0.05, 0) is 44.3 Å². The molecule has 0 spiro atoms. The third-order valence-electron chi connectivity index (χ3n) is 4.79. The van der Waals surface area contributed by atoms with E-state index in [0.717, 1.165) is 38.0 Å². The Labute approximate surface area is 145 Å². The number of aryl methyl sites for hydroxylation is 1. The Kier molecular flexibility index (Phi) is 7.44. The summed E-state index contributed by atoms with van der Waals surface area (Å²) in [7, 11) is 1.94. The fourth-order valence-electron chi connectivity index (χ4n) is 3.28. The molecule has 0 aromatic heterocycles. The van der Waals surface area contributed by atoms with Crippen LogP contribution in [0.1, 0.15) is 54.9 Å². The minimum Gasteiger partial charge on any atom is -0.342 e. The van der Waals surface area contributed by atoms with Gasteiger partial charge in [-0.1, -0.05) is 37.6 Å². The molecule has 4 nitrogen and oxygen atoms in total. The Balaban J connectivity index is 1.77. The van der Waals surface area contributed by atoms with Gasteiger partial charge in [-0.25, -0.2) is 0 Å². The highest BCUT2D eigenvalue weighted by molar-refractivity contribution is 5.98. The summed E-state index contributed by atoms with van der Waals surface area (Å²) in [4.78, 5) is 26.4. The van der Waals surface area contributed by atoms with Gasteiger partial charge in [0.05, 0.1) is 0 Å². The Morgan fingerprint density at radius 2 is 1.96 bits per heavy atom. The first-order valence-corrected chi connectivity index (χ1v) is 9.18. The maximum Gasteiger partial charge on any atom is 0.223 e. The molecule has 24 heavy (non-hydrogen) atoms. The highest BCUT2D eigenvalue weighted by Gasteiger charge is 2.25. The second-order valence-electron chi connectivity index (χ2n) is 6.78. The molecule has 0 radical (unpaired) electrons. The Bertz CT molecular complexity index is 539. The molecule has 1 amide bonds. The molecule has 1 fully saturated rings. The number of rotatable bonds is 9. The number of carbonyl (C=O) groups is 2. The van der Waals surface area contributed by atoms with Gasteiger partial charge in [0.1, 0.15) is 0 Å². The predicted octanol–water partition coefficient (Wildman–Crippen LogP) is 3.06. The summed E-state index contributed by atoms with van der Waals surface area (Å²) in [5.74, 6) is 0.725. The van der Waals surface area contributed by atoms with Crippen LogP contribution >= 0.6 is 0 Å². The third-order valence-corrected chi connectivity index (χ3v) is 4.79. The lowest BCUT2D eigenvalue weighted by Gasteiger charge is -2.16. The van der Waals surface area contributed by atoms with Gasteiger partial charge in [0.2, 0.25) is 5.91 Å². The maximum atomic E-state index is 12.3. The average molecular weight is 330 g/mol. The van der Waals surface area contributed by atoms with Crippen molar-refractivity contribution in [2.24, 2.45) is 5.92 Å². The van der Waals surface area contributed by atoms with Crippen molar-refractivity contribution in [2.45, 2.75) is 45.4 Å². The van der Waals surface area contributed by atoms with E-state index < -0.39 is 0 Å². The van der Waals surface area contributed by atoms with Crippen molar-refractivity contribution >= 4 is 11.7 Å². The van der Waals surface area contributed by atoms with Crippen molar-refractivity contribution in [3.63, 3.8) is 0 Å².